The number of carbonyl (C=O) groups excluding carboxylic acids is 1. The molecular weight excluding hydrogens is 128 g/mol. The second-order valence-corrected chi connectivity index (χ2v) is 3.25. The number of hydrogen-bond acceptors (Lipinski definition) is 2. The molecule has 2 heteroatoms. The van der Waals surface area contributed by atoms with Gasteiger partial charge in [0.25, 0.3) is 0 Å². The number of ether oxygens (including phenoxy) is 1. The first-order chi connectivity index (χ1) is 4.68. The Bertz CT molecular complexity index is 125. The number of carbonyl (C=O) groups is 1. The monoisotopic (exact) mass is 142 g/mol. The average molecular weight is 142 g/mol. The SMILES string of the molecule is CC(=O)OCC1CC(C)C1. The van der Waals surface area contributed by atoms with Gasteiger partial charge in [-0.15, -0.1) is 0 Å². The standard InChI is InChI=1S/C8H14O2/c1-6-3-8(4-6)5-10-7(2)9/h6,8H,3-5H2,1-2H3. The Morgan fingerprint density at radius 2 is 2.20 bits per heavy atom. The predicted octanol–water partition coefficient (Wildman–Crippen LogP) is 1.60. The summed E-state index contributed by atoms with van der Waals surface area (Å²) in [5.41, 5.74) is 0. The van der Waals surface area contributed by atoms with Crippen LogP contribution >= 0.6 is 0 Å². The summed E-state index contributed by atoms with van der Waals surface area (Å²) in [5.74, 6) is 1.35. The number of esters is 1. The van der Waals surface area contributed by atoms with Crippen LogP contribution in [0.2, 0.25) is 0 Å². The molecule has 0 aliphatic heterocycles. The molecule has 0 aromatic heterocycles. The molecule has 2 nitrogen and oxygen atoms in total. The minimum Gasteiger partial charge on any atom is -0.466 e. The largest absolute Gasteiger partial charge is 0.466 e. The second kappa shape index (κ2) is 3.04. The normalized spacial score (nSPS) is 31.0. The molecule has 0 amide bonds. The summed E-state index contributed by atoms with van der Waals surface area (Å²) in [6.07, 6.45) is 2.46. The van der Waals surface area contributed by atoms with Gasteiger partial charge in [-0.1, -0.05) is 6.92 Å². The summed E-state index contributed by atoms with van der Waals surface area (Å²) in [6.45, 7) is 4.33. The Morgan fingerprint density at radius 1 is 1.60 bits per heavy atom. The quantitative estimate of drug-likeness (QED) is 0.547. The topological polar surface area (TPSA) is 26.3 Å². The van der Waals surface area contributed by atoms with Crippen molar-refractivity contribution in [2.24, 2.45) is 11.8 Å². The van der Waals surface area contributed by atoms with Crippen molar-refractivity contribution in [2.75, 3.05) is 6.61 Å². The maximum Gasteiger partial charge on any atom is 0.302 e. The number of hydrogen-bond donors (Lipinski definition) is 0. The van der Waals surface area contributed by atoms with E-state index in [0.29, 0.717) is 12.5 Å². The molecular formula is C8H14O2. The van der Waals surface area contributed by atoms with Gasteiger partial charge in [0.05, 0.1) is 6.61 Å². The smallest absolute Gasteiger partial charge is 0.302 e. The van der Waals surface area contributed by atoms with Crippen molar-refractivity contribution >= 4 is 5.97 Å². The number of rotatable bonds is 2. The van der Waals surface area contributed by atoms with Crippen LogP contribution in [0.3, 0.4) is 0 Å². The first kappa shape index (κ1) is 7.58. The Hall–Kier alpha value is -0.530. The van der Waals surface area contributed by atoms with Crippen LogP contribution in [0.15, 0.2) is 0 Å². The van der Waals surface area contributed by atoms with E-state index in [9.17, 15) is 4.79 Å². The minimum absolute atomic E-state index is 0.153. The fourth-order valence-corrected chi connectivity index (χ4v) is 1.44. The third kappa shape index (κ3) is 2.01. The fraction of sp³-hybridized carbons (Fsp3) is 0.875. The van der Waals surface area contributed by atoms with Gasteiger partial charge in [-0.2, -0.15) is 0 Å². The van der Waals surface area contributed by atoms with Gasteiger partial charge >= 0.3 is 5.97 Å². The van der Waals surface area contributed by atoms with Gasteiger partial charge in [0, 0.05) is 6.92 Å². The molecule has 1 rings (SSSR count). The molecule has 0 saturated heterocycles. The molecule has 0 aromatic carbocycles. The van der Waals surface area contributed by atoms with E-state index >= 15 is 0 Å². The zero-order chi connectivity index (χ0) is 7.56. The van der Waals surface area contributed by atoms with Crippen molar-refractivity contribution < 1.29 is 9.53 Å². The highest BCUT2D eigenvalue weighted by atomic mass is 16.5. The van der Waals surface area contributed by atoms with Crippen LogP contribution in [0.25, 0.3) is 0 Å². The van der Waals surface area contributed by atoms with Crippen LogP contribution < -0.4 is 0 Å². The maximum atomic E-state index is 10.3. The van der Waals surface area contributed by atoms with Crippen LogP contribution in [-0.4, -0.2) is 12.6 Å². The first-order valence-corrected chi connectivity index (χ1v) is 3.82. The van der Waals surface area contributed by atoms with E-state index in [0.717, 1.165) is 5.92 Å². The van der Waals surface area contributed by atoms with Gasteiger partial charge < -0.3 is 4.74 Å². The zero-order valence-electron chi connectivity index (χ0n) is 6.59. The van der Waals surface area contributed by atoms with Crippen LogP contribution in [0.5, 0.6) is 0 Å². The molecule has 0 aromatic rings. The summed E-state index contributed by atoms with van der Waals surface area (Å²) in [6, 6.07) is 0. The molecule has 58 valence electrons. The van der Waals surface area contributed by atoms with Crippen molar-refractivity contribution in [2.45, 2.75) is 26.7 Å². The molecule has 0 heterocycles. The van der Waals surface area contributed by atoms with Gasteiger partial charge in [0.1, 0.15) is 0 Å². The van der Waals surface area contributed by atoms with Crippen molar-refractivity contribution in [1.29, 1.82) is 0 Å². The van der Waals surface area contributed by atoms with E-state index < -0.39 is 0 Å². The van der Waals surface area contributed by atoms with Gasteiger partial charge in [0.15, 0.2) is 0 Å². The van der Waals surface area contributed by atoms with E-state index in [2.05, 4.69) is 6.92 Å². The Labute approximate surface area is 61.6 Å². The molecule has 10 heavy (non-hydrogen) atoms. The van der Waals surface area contributed by atoms with E-state index in [-0.39, 0.29) is 5.97 Å². The van der Waals surface area contributed by atoms with E-state index in [1.165, 1.54) is 19.8 Å². The van der Waals surface area contributed by atoms with Gasteiger partial charge in [-0.25, -0.2) is 0 Å². The van der Waals surface area contributed by atoms with Crippen LogP contribution in [0.4, 0.5) is 0 Å². The van der Waals surface area contributed by atoms with Crippen molar-refractivity contribution in [3.05, 3.63) is 0 Å². The molecule has 0 radical (unpaired) electrons. The third-order valence-corrected chi connectivity index (χ3v) is 1.99. The zero-order valence-corrected chi connectivity index (χ0v) is 6.59. The van der Waals surface area contributed by atoms with Crippen molar-refractivity contribution in [3.63, 3.8) is 0 Å². The lowest BCUT2D eigenvalue weighted by atomic mass is 9.77. The van der Waals surface area contributed by atoms with Gasteiger partial charge in [-0.05, 0) is 24.7 Å². The maximum absolute atomic E-state index is 10.3. The summed E-state index contributed by atoms with van der Waals surface area (Å²) in [7, 11) is 0. The summed E-state index contributed by atoms with van der Waals surface area (Å²) < 4.78 is 4.86. The Morgan fingerprint density at radius 3 is 2.60 bits per heavy atom. The summed E-state index contributed by atoms with van der Waals surface area (Å²) >= 11 is 0. The molecule has 0 spiro atoms. The molecule has 0 unspecified atom stereocenters. The molecule has 0 N–H and O–H groups in total. The van der Waals surface area contributed by atoms with Crippen LogP contribution in [-0.2, 0) is 9.53 Å². The summed E-state index contributed by atoms with van der Waals surface area (Å²) in [4.78, 5) is 10.3. The van der Waals surface area contributed by atoms with E-state index in [1.807, 2.05) is 0 Å². The van der Waals surface area contributed by atoms with Crippen LogP contribution in [0, 0.1) is 11.8 Å². The first-order valence-electron chi connectivity index (χ1n) is 3.82. The third-order valence-electron chi connectivity index (χ3n) is 1.99. The lowest BCUT2D eigenvalue weighted by Crippen LogP contribution is -2.26. The van der Waals surface area contributed by atoms with E-state index in [1.54, 1.807) is 0 Å². The molecule has 0 atom stereocenters. The molecule has 1 saturated carbocycles. The second-order valence-electron chi connectivity index (χ2n) is 3.25. The minimum atomic E-state index is -0.153. The molecule has 1 fully saturated rings. The van der Waals surface area contributed by atoms with Crippen LogP contribution in [0.1, 0.15) is 26.7 Å². The lowest BCUT2D eigenvalue weighted by molar-refractivity contribution is -0.143. The fourth-order valence-electron chi connectivity index (χ4n) is 1.44. The van der Waals surface area contributed by atoms with Gasteiger partial charge in [-0.3, -0.25) is 4.79 Å². The highest BCUT2D eigenvalue weighted by Crippen LogP contribution is 2.32. The van der Waals surface area contributed by atoms with Crippen molar-refractivity contribution in [3.8, 4) is 0 Å². The average Bonchev–Trinajstić information content (AvgIpc) is 1.77. The Balaban J connectivity index is 2.00. The highest BCUT2D eigenvalue weighted by Gasteiger charge is 2.25. The van der Waals surface area contributed by atoms with Gasteiger partial charge in [0.2, 0.25) is 0 Å². The van der Waals surface area contributed by atoms with Crippen molar-refractivity contribution in [1.82, 2.24) is 0 Å². The molecule has 0 bridgehead atoms. The Kier molecular flexibility index (Phi) is 2.30. The molecule has 1 aliphatic rings. The molecule has 1 aliphatic carbocycles. The summed E-state index contributed by atoms with van der Waals surface area (Å²) in [5, 5.41) is 0. The highest BCUT2D eigenvalue weighted by molar-refractivity contribution is 5.65. The predicted molar refractivity (Wildman–Crippen MR) is 38.5 cm³/mol. The lowest BCUT2D eigenvalue weighted by Gasteiger charge is -2.31. The van der Waals surface area contributed by atoms with E-state index in [4.69, 9.17) is 4.74 Å².